The maximum atomic E-state index is 15.3. The van der Waals surface area contributed by atoms with E-state index in [1.54, 1.807) is 15.5 Å². The number of hydrogen-bond acceptors (Lipinski definition) is 5. The summed E-state index contributed by atoms with van der Waals surface area (Å²) in [6.45, 7) is 2.36. The van der Waals surface area contributed by atoms with Gasteiger partial charge in [-0.1, -0.05) is 36.4 Å². The van der Waals surface area contributed by atoms with Crippen molar-refractivity contribution in [2.45, 2.75) is 18.9 Å². The first-order valence-electron chi connectivity index (χ1n) is 13.4. The van der Waals surface area contributed by atoms with Gasteiger partial charge in [0.15, 0.2) is 0 Å². The number of benzene rings is 3. The molecule has 0 bridgehead atoms. The Morgan fingerprint density at radius 3 is 2.05 bits per heavy atom. The lowest BCUT2D eigenvalue weighted by Gasteiger charge is -2.37. The second-order valence-corrected chi connectivity index (χ2v) is 10.3. The van der Waals surface area contributed by atoms with Gasteiger partial charge in [-0.15, -0.1) is 0 Å². The normalized spacial score (nSPS) is 15.8. The summed E-state index contributed by atoms with van der Waals surface area (Å²) < 4.78 is 17.1. The van der Waals surface area contributed by atoms with Crippen LogP contribution in [-0.4, -0.2) is 59.2 Å². The van der Waals surface area contributed by atoms with Crippen LogP contribution in [0.25, 0.3) is 10.9 Å². The molecule has 2 heterocycles. The fourth-order valence-corrected chi connectivity index (χ4v) is 5.41. The van der Waals surface area contributed by atoms with Gasteiger partial charge in [-0.25, -0.2) is 9.18 Å². The first-order valence-corrected chi connectivity index (χ1v) is 13.4. The first kappa shape index (κ1) is 25.8. The number of fused-ring (bicyclic) bond motifs is 1. The van der Waals surface area contributed by atoms with E-state index in [2.05, 4.69) is 4.90 Å². The summed E-state index contributed by atoms with van der Waals surface area (Å²) in [5.74, 6) is -1.92. The number of nitrogens with zero attached hydrogens (tertiary/aromatic N) is 4. The van der Waals surface area contributed by atoms with Crippen LogP contribution in [0, 0.1) is 5.82 Å². The Balaban J connectivity index is 1.21. The molecule has 4 aromatic rings. The lowest BCUT2D eigenvalue weighted by molar-refractivity contribution is -0.119. The lowest BCUT2D eigenvalue weighted by Crippen LogP contribution is -2.50. The van der Waals surface area contributed by atoms with Gasteiger partial charge in [0.05, 0.1) is 17.7 Å². The summed E-state index contributed by atoms with van der Waals surface area (Å²) in [6, 6.07) is 22.0. The number of para-hydroxylation sites is 2. The van der Waals surface area contributed by atoms with E-state index in [1.165, 1.54) is 12.3 Å². The third kappa shape index (κ3) is 4.96. The van der Waals surface area contributed by atoms with Gasteiger partial charge in [0, 0.05) is 55.2 Å². The third-order valence-electron chi connectivity index (χ3n) is 7.62. The van der Waals surface area contributed by atoms with E-state index < -0.39 is 17.2 Å². The Morgan fingerprint density at radius 1 is 0.900 bits per heavy atom. The highest BCUT2D eigenvalue weighted by atomic mass is 19.1. The summed E-state index contributed by atoms with van der Waals surface area (Å²) in [5, 5.41) is 9.57. The van der Waals surface area contributed by atoms with E-state index in [1.807, 2.05) is 65.6 Å². The number of anilines is 3. The Bertz CT molecular complexity index is 1590. The summed E-state index contributed by atoms with van der Waals surface area (Å²) in [4.78, 5) is 43.6. The van der Waals surface area contributed by atoms with Crippen molar-refractivity contribution < 1.29 is 19.1 Å². The maximum absolute atomic E-state index is 15.3. The van der Waals surface area contributed by atoms with Gasteiger partial charge in [0.25, 0.3) is 0 Å². The maximum Gasteiger partial charge on any atom is 0.341 e. The highest BCUT2D eigenvalue weighted by Crippen LogP contribution is 2.38. The number of aromatic nitrogens is 1. The predicted octanol–water partition coefficient (Wildman–Crippen LogP) is 4.66. The summed E-state index contributed by atoms with van der Waals surface area (Å²) >= 11 is 0. The second-order valence-electron chi connectivity index (χ2n) is 10.3. The molecule has 9 heteroatoms. The number of amides is 1. The molecule has 1 aliphatic carbocycles. The zero-order valence-electron chi connectivity index (χ0n) is 21.9. The smallest absolute Gasteiger partial charge is 0.341 e. The van der Waals surface area contributed by atoms with E-state index in [0.717, 1.165) is 24.2 Å². The number of rotatable bonds is 7. The Labute approximate surface area is 230 Å². The van der Waals surface area contributed by atoms with Crippen LogP contribution in [0.4, 0.5) is 21.5 Å². The van der Waals surface area contributed by atoms with Crippen LogP contribution in [0.5, 0.6) is 0 Å². The van der Waals surface area contributed by atoms with Crippen molar-refractivity contribution in [1.82, 2.24) is 9.47 Å². The number of carboxylic acid groups (broad SMARTS) is 1. The van der Waals surface area contributed by atoms with Gasteiger partial charge in [0.2, 0.25) is 11.3 Å². The molecule has 40 heavy (non-hydrogen) atoms. The number of carbonyl (C=O) groups excluding carboxylic acids is 1. The fraction of sp³-hybridized carbons (Fsp3) is 0.258. The number of halogens is 1. The van der Waals surface area contributed by atoms with Crippen LogP contribution in [-0.2, 0) is 4.79 Å². The standard InChI is InChI=1S/C31H29FN4O4/c32-26-17-24-27(35(21-11-12-21)19-25(30(24)38)31(39)40)18-28(26)34-15-13-33(14-16-34)20-29(37)36(22-7-3-1-4-8-22)23-9-5-2-6-10-23/h1-10,17-19,21H,11-16,20H2,(H,39,40). The quantitative estimate of drug-likeness (QED) is 0.367. The van der Waals surface area contributed by atoms with Gasteiger partial charge in [0.1, 0.15) is 11.4 Å². The predicted molar refractivity (Wildman–Crippen MR) is 152 cm³/mol. The number of aromatic carboxylic acids is 1. The van der Waals surface area contributed by atoms with E-state index in [0.29, 0.717) is 37.4 Å². The van der Waals surface area contributed by atoms with Crippen molar-refractivity contribution in [3.63, 3.8) is 0 Å². The molecule has 3 aromatic carbocycles. The van der Waals surface area contributed by atoms with E-state index >= 15 is 4.39 Å². The molecular formula is C31H29FN4O4. The lowest BCUT2D eigenvalue weighted by atomic mass is 10.1. The molecule has 0 radical (unpaired) electrons. The molecule has 1 saturated heterocycles. The number of piperazine rings is 1. The van der Waals surface area contributed by atoms with E-state index in [9.17, 15) is 19.5 Å². The average Bonchev–Trinajstić information content (AvgIpc) is 3.80. The Hall–Kier alpha value is -4.50. The van der Waals surface area contributed by atoms with E-state index in [-0.39, 0.29) is 29.4 Å². The van der Waals surface area contributed by atoms with Crippen LogP contribution in [0.2, 0.25) is 0 Å². The fourth-order valence-electron chi connectivity index (χ4n) is 5.41. The number of carboxylic acids is 1. The average molecular weight is 541 g/mol. The van der Waals surface area contributed by atoms with Crippen molar-refractivity contribution in [2.24, 2.45) is 0 Å². The Kier molecular flexibility index (Phi) is 6.81. The zero-order valence-corrected chi connectivity index (χ0v) is 21.9. The molecule has 0 unspecified atom stereocenters. The molecule has 8 nitrogen and oxygen atoms in total. The van der Waals surface area contributed by atoms with Gasteiger partial charge in [-0.05, 0) is 49.2 Å². The highest BCUT2D eigenvalue weighted by Gasteiger charge is 2.29. The molecule has 2 aliphatic rings. The SMILES string of the molecule is O=C(O)c1cn(C2CC2)c2cc(N3CCN(CC(=O)N(c4ccccc4)c4ccccc4)CC3)c(F)cc2c1=O. The topological polar surface area (TPSA) is 86.1 Å². The molecule has 0 spiro atoms. The monoisotopic (exact) mass is 540 g/mol. The molecule has 1 N–H and O–H groups in total. The molecule has 1 amide bonds. The molecule has 6 rings (SSSR count). The minimum atomic E-state index is -1.31. The summed E-state index contributed by atoms with van der Waals surface area (Å²) in [7, 11) is 0. The van der Waals surface area contributed by atoms with Crippen LogP contribution in [0.1, 0.15) is 29.2 Å². The van der Waals surface area contributed by atoms with Crippen molar-refractivity contribution in [3.8, 4) is 0 Å². The molecule has 1 aromatic heterocycles. The van der Waals surface area contributed by atoms with E-state index in [4.69, 9.17) is 0 Å². The van der Waals surface area contributed by atoms with Crippen LogP contribution >= 0.6 is 0 Å². The number of hydrogen-bond donors (Lipinski definition) is 1. The molecule has 1 aliphatic heterocycles. The minimum Gasteiger partial charge on any atom is -0.477 e. The van der Waals surface area contributed by atoms with Crippen molar-refractivity contribution in [1.29, 1.82) is 0 Å². The Morgan fingerprint density at radius 2 is 1.50 bits per heavy atom. The molecule has 1 saturated carbocycles. The van der Waals surface area contributed by atoms with Crippen molar-refractivity contribution in [3.05, 3.63) is 101 Å². The van der Waals surface area contributed by atoms with Gasteiger partial charge < -0.3 is 14.6 Å². The van der Waals surface area contributed by atoms with Crippen LogP contribution < -0.4 is 15.2 Å². The second kappa shape index (κ2) is 10.6. The number of pyridine rings is 1. The molecule has 204 valence electrons. The number of carbonyl (C=O) groups is 2. The summed E-state index contributed by atoms with van der Waals surface area (Å²) in [5.41, 5.74) is 1.50. The van der Waals surface area contributed by atoms with Gasteiger partial charge in [-0.2, -0.15) is 0 Å². The highest BCUT2D eigenvalue weighted by molar-refractivity contribution is 6.01. The molecule has 0 atom stereocenters. The van der Waals surface area contributed by atoms with Gasteiger partial charge in [-0.3, -0.25) is 19.4 Å². The first-order chi connectivity index (χ1) is 19.4. The third-order valence-corrected chi connectivity index (χ3v) is 7.62. The molecule has 2 fully saturated rings. The summed E-state index contributed by atoms with van der Waals surface area (Å²) in [6.07, 6.45) is 3.17. The minimum absolute atomic E-state index is 0.0505. The zero-order chi connectivity index (χ0) is 27.8. The molecular weight excluding hydrogens is 511 g/mol. The van der Waals surface area contributed by atoms with Gasteiger partial charge >= 0.3 is 5.97 Å². The largest absolute Gasteiger partial charge is 0.477 e. The van der Waals surface area contributed by atoms with Crippen LogP contribution in [0.15, 0.2) is 83.8 Å². The van der Waals surface area contributed by atoms with Crippen molar-refractivity contribution in [2.75, 3.05) is 42.5 Å². The van der Waals surface area contributed by atoms with Crippen molar-refractivity contribution >= 4 is 39.8 Å². The van der Waals surface area contributed by atoms with Crippen LogP contribution in [0.3, 0.4) is 0 Å².